The number of hydrogen-bond acceptors (Lipinski definition) is 3. The zero-order valence-corrected chi connectivity index (χ0v) is 11.2. The summed E-state index contributed by atoms with van der Waals surface area (Å²) in [6, 6.07) is 13.4. The van der Waals surface area contributed by atoms with E-state index in [2.05, 4.69) is 48.0 Å². The Morgan fingerprint density at radius 1 is 1.28 bits per heavy atom. The molecule has 0 spiro atoms. The van der Waals surface area contributed by atoms with Gasteiger partial charge in [-0.05, 0) is 24.4 Å². The third kappa shape index (κ3) is 2.28. The van der Waals surface area contributed by atoms with Crippen molar-refractivity contribution in [2.45, 2.75) is 25.4 Å². The van der Waals surface area contributed by atoms with E-state index in [0.29, 0.717) is 12.1 Å². The van der Waals surface area contributed by atoms with Crippen molar-refractivity contribution in [1.29, 1.82) is 0 Å². The van der Waals surface area contributed by atoms with Crippen LogP contribution in [0.2, 0.25) is 0 Å². The average molecular weight is 259 g/mol. The lowest BCUT2D eigenvalue weighted by Gasteiger charge is -2.29. The molecular formula is C15H17NOS. The van der Waals surface area contributed by atoms with Crippen molar-refractivity contribution in [2.75, 3.05) is 6.61 Å². The number of thiophene rings is 1. The Hall–Kier alpha value is -1.32. The van der Waals surface area contributed by atoms with Gasteiger partial charge in [-0.15, -0.1) is 11.3 Å². The fraction of sp³-hybridized carbons (Fsp3) is 0.333. The average Bonchev–Trinajstić information content (AvgIpc) is 2.93. The number of fused-ring (bicyclic) bond motifs is 1. The number of hydrogen-bond donors (Lipinski definition) is 1. The molecule has 2 aromatic rings. The third-order valence-electron chi connectivity index (χ3n) is 3.38. The molecule has 3 heteroatoms. The standard InChI is InChI=1S/C15H17NOS/c1-11(15-7-4-10-18-15)16-13-8-9-17-14-6-3-2-5-12(13)14/h2-7,10-11,13,16H,8-9H2,1H3/t11-,13?/m0/s1. The maximum absolute atomic E-state index is 5.69. The van der Waals surface area contributed by atoms with Crippen molar-refractivity contribution >= 4 is 11.3 Å². The third-order valence-corrected chi connectivity index (χ3v) is 4.43. The van der Waals surface area contributed by atoms with Gasteiger partial charge in [0, 0.05) is 28.9 Å². The van der Waals surface area contributed by atoms with E-state index >= 15 is 0 Å². The second-order valence-electron chi connectivity index (χ2n) is 4.63. The summed E-state index contributed by atoms with van der Waals surface area (Å²) in [7, 11) is 0. The van der Waals surface area contributed by atoms with Crippen molar-refractivity contribution in [3.05, 3.63) is 52.2 Å². The SMILES string of the molecule is C[C@H](NC1CCOc2ccccc21)c1cccs1. The van der Waals surface area contributed by atoms with Crippen LogP contribution in [-0.2, 0) is 0 Å². The van der Waals surface area contributed by atoms with E-state index < -0.39 is 0 Å². The minimum atomic E-state index is 0.390. The molecule has 18 heavy (non-hydrogen) atoms. The molecule has 1 N–H and O–H groups in total. The number of para-hydroxylation sites is 1. The van der Waals surface area contributed by atoms with Crippen LogP contribution in [0.5, 0.6) is 5.75 Å². The number of benzene rings is 1. The van der Waals surface area contributed by atoms with Crippen LogP contribution in [0.3, 0.4) is 0 Å². The molecule has 1 aliphatic rings. The maximum atomic E-state index is 5.69. The molecule has 1 unspecified atom stereocenters. The van der Waals surface area contributed by atoms with E-state index in [1.807, 2.05) is 17.4 Å². The van der Waals surface area contributed by atoms with Gasteiger partial charge in [0.05, 0.1) is 6.61 Å². The van der Waals surface area contributed by atoms with Crippen LogP contribution in [-0.4, -0.2) is 6.61 Å². The molecule has 1 aromatic carbocycles. The molecule has 94 valence electrons. The lowest BCUT2D eigenvalue weighted by atomic mass is 9.99. The summed E-state index contributed by atoms with van der Waals surface area (Å²) in [4.78, 5) is 1.39. The van der Waals surface area contributed by atoms with E-state index in [1.165, 1.54) is 10.4 Å². The predicted octanol–water partition coefficient (Wildman–Crippen LogP) is 3.92. The second kappa shape index (κ2) is 5.12. The molecule has 1 aromatic heterocycles. The highest BCUT2D eigenvalue weighted by atomic mass is 32.1. The predicted molar refractivity (Wildman–Crippen MR) is 75.2 cm³/mol. The van der Waals surface area contributed by atoms with Crippen molar-refractivity contribution in [2.24, 2.45) is 0 Å². The zero-order chi connectivity index (χ0) is 12.4. The summed E-state index contributed by atoms with van der Waals surface area (Å²) < 4.78 is 5.69. The minimum Gasteiger partial charge on any atom is -0.493 e. The summed E-state index contributed by atoms with van der Waals surface area (Å²) in [5, 5.41) is 5.84. The smallest absolute Gasteiger partial charge is 0.124 e. The lowest BCUT2D eigenvalue weighted by Crippen LogP contribution is -2.28. The van der Waals surface area contributed by atoms with Gasteiger partial charge in [-0.1, -0.05) is 24.3 Å². The van der Waals surface area contributed by atoms with Crippen LogP contribution in [0.1, 0.15) is 35.9 Å². The molecule has 2 atom stereocenters. The minimum absolute atomic E-state index is 0.390. The molecule has 3 rings (SSSR count). The first-order chi connectivity index (χ1) is 8.84. The molecule has 2 nitrogen and oxygen atoms in total. The van der Waals surface area contributed by atoms with Crippen molar-refractivity contribution in [1.82, 2.24) is 5.32 Å². The molecule has 1 aliphatic heterocycles. The van der Waals surface area contributed by atoms with Crippen LogP contribution in [0.25, 0.3) is 0 Å². The summed E-state index contributed by atoms with van der Waals surface area (Å²) in [5.74, 6) is 1.03. The van der Waals surface area contributed by atoms with Crippen molar-refractivity contribution in [3.8, 4) is 5.75 Å². The quantitative estimate of drug-likeness (QED) is 0.902. The van der Waals surface area contributed by atoms with Gasteiger partial charge in [-0.2, -0.15) is 0 Å². The molecular weight excluding hydrogens is 242 g/mol. The van der Waals surface area contributed by atoms with Gasteiger partial charge in [0.1, 0.15) is 5.75 Å². The van der Waals surface area contributed by atoms with Gasteiger partial charge in [0.2, 0.25) is 0 Å². The van der Waals surface area contributed by atoms with E-state index in [4.69, 9.17) is 4.74 Å². The first kappa shape index (κ1) is 11.8. The highest BCUT2D eigenvalue weighted by Crippen LogP contribution is 2.33. The number of rotatable bonds is 3. The number of nitrogens with one attached hydrogen (secondary N) is 1. The van der Waals surface area contributed by atoms with Crippen LogP contribution in [0, 0.1) is 0 Å². The molecule has 0 fully saturated rings. The van der Waals surface area contributed by atoms with E-state index in [9.17, 15) is 0 Å². The van der Waals surface area contributed by atoms with Gasteiger partial charge in [-0.25, -0.2) is 0 Å². The Labute approximate surface area is 112 Å². The normalized spacial score (nSPS) is 19.9. The van der Waals surface area contributed by atoms with Gasteiger partial charge < -0.3 is 10.1 Å². The first-order valence-corrected chi connectivity index (χ1v) is 7.24. The highest BCUT2D eigenvalue weighted by molar-refractivity contribution is 7.10. The summed E-state index contributed by atoms with van der Waals surface area (Å²) in [6.07, 6.45) is 1.03. The summed E-state index contributed by atoms with van der Waals surface area (Å²) in [6.45, 7) is 3.02. The second-order valence-corrected chi connectivity index (χ2v) is 5.61. The Bertz CT molecular complexity index is 509. The molecule has 0 saturated heterocycles. The summed E-state index contributed by atoms with van der Waals surface area (Å²) in [5.41, 5.74) is 1.28. The summed E-state index contributed by atoms with van der Waals surface area (Å²) >= 11 is 1.81. The molecule has 0 amide bonds. The van der Waals surface area contributed by atoms with Gasteiger partial charge in [0.15, 0.2) is 0 Å². The van der Waals surface area contributed by atoms with Crippen LogP contribution in [0.4, 0.5) is 0 Å². The largest absolute Gasteiger partial charge is 0.493 e. The van der Waals surface area contributed by atoms with Gasteiger partial charge in [-0.3, -0.25) is 0 Å². The Balaban J connectivity index is 1.78. The Morgan fingerprint density at radius 3 is 3.00 bits per heavy atom. The fourth-order valence-electron chi connectivity index (χ4n) is 2.44. The fourth-order valence-corrected chi connectivity index (χ4v) is 3.18. The molecule has 0 radical (unpaired) electrons. The number of ether oxygens (including phenoxy) is 1. The van der Waals surface area contributed by atoms with Crippen LogP contribution in [0.15, 0.2) is 41.8 Å². The monoisotopic (exact) mass is 259 g/mol. The van der Waals surface area contributed by atoms with E-state index in [-0.39, 0.29) is 0 Å². The Morgan fingerprint density at radius 2 is 2.17 bits per heavy atom. The topological polar surface area (TPSA) is 21.3 Å². The lowest BCUT2D eigenvalue weighted by molar-refractivity contribution is 0.246. The maximum Gasteiger partial charge on any atom is 0.124 e. The molecule has 0 aliphatic carbocycles. The Kier molecular flexibility index (Phi) is 3.35. The van der Waals surface area contributed by atoms with Crippen LogP contribution < -0.4 is 10.1 Å². The first-order valence-electron chi connectivity index (χ1n) is 6.36. The molecule has 0 saturated carbocycles. The molecule has 2 heterocycles. The zero-order valence-electron chi connectivity index (χ0n) is 10.4. The van der Waals surface area contributed by atoms with E-state index in [0.717, 1.165) is 18.8 Å². The van der Waals surface area contributed by atoms with Crippen molar-refractivity contribution in [3.63, 3.8) is 0 Å². The van der Waals surface area contributed by atoms with Gasteiger partial charge >= 0.3 is 0 Å². The van der Waals surface area contributed by atoms with Gasteiger partial charge in [0.25, 0.3) is 0 Å². The molecule has 0 bridgehead atoms. The van der Waals surface area contributed by atoms with Crippen molar-refractivity contribution < 1.29 is 4.74 Å². The van der Waals surface area contributed by atoms with E-state index in [1.54, 1.807) is 0 Å². The highest BCUT2D eigenvalue weighted by Gasteiger charge is 2.22. The van der Waals surface area contributed by atoms with Crippen LogP contribution >= 0.6 is 11.3 Å².